The first kappa shape index (κ1) is 16.9. The molecule has 1 aromatic carbocycles. The molecule has 0 fully saturated rings. The number of amides is 1. The number of ether oxygens (including phenoxy) is 1. The minimum atomic E-state index is -0.245. The van der Waals surface area contributed by atoms with Crippen LogP contribution in [-0.4, -0.2) is 44.5 Å². The van der Waals surface area contributed by atoms with Gasteiger partial charge in [0.2, 0.25) is 5.82 Å². The van der Waals surface area contributed by atoms with Crippen molar-refractivity contribution < 1.29 is 9.53 Å². The average Bonchev–Trinajstić information content (AvgIpc) is 3.04. The van der Waals surface area contributed by atoms with Gasteiger partial charge in [-0.2, -0.15) is 4.98 Å². The summed E-state index contributed by atoms with van der Waals surface area (Å²) in [5, 5.41) is 4.31. The highest BCUT2D eigenvalue weighted by molar-refractivity contribution is 5.91. The lowest BCUT2D eigenvalue weighted by atomic mass is 10.1. The van der Waals surface area contributed by atoms with Crippen molar-refractivity contribution in [3.63, 3.8) is 0 Å². The molecule has 0 aliphatic rings. The second-order valence-corrected chi connectivity index (χ2v) is 6.05. The molecule has 2 heterocycles. The van der Waals surface area contributed by atoms with Crippen LogP contribution in [-0.2, 0) is 0 Å². The number of aryl methyl sites for hydroxylation is 2. The number of hydrogen-bond acceptors (Lipinski definition) is 5. The van der Waals surface area contributed by atoms with Crippen LogP contribution >= 0.6 is 0 Å². The minimum Gasteiger partial charge on any atom is -0.497 e. The van der Waals surface area contributed by atoms with Crippen LogP contribution in [0.25, 0.3) is 5.78 Å². The third-order valence-electron chi connectivity index (χ3n) is 4.31. The zero-order chi connectivity index (χ0) is 18.1. The maximum absolute atomic E-state index is 12.8. The molecule has 0 saturated carbocycles. The first-order valence-electron chi connectivity index (χ1n) is 8.03. The number of benzene rings is 1. The molecule has 25 heavy (non-hydrogen) atoms. The summed E-state index contributed by atoms with van der Waals surface area (Å²) in [5.41, 5.74) is 2.74. The van der Waals surface area contributed by atoms with Crippen LogP contribution in [0.1, 0.15) is 40.5 Å². The van der Waals surface area contributed by atoms with Gasteiger partial charge in [0, 0.05) is 18.4 Å². The second-order valence-electron chi connectivity index (χ2n) is 6.05. The van der Waals surface area contributed by atoms with E-state index in [0.29, 0.717) is 5.78 Å². The van der Waals surface area contributed by atoms with Gasteiger partial charge in [0.1, 0.15) is 5.75 Å². The van der Waals surface area contributed by atoms with Gasteiger partial charge < -0.3 is 9.64 Å². The molecular formula is C18H21N5O2. The predicted molar refractivity (Wildman–Crippen MR) is 93.8 cm³/mol. The molecule has 1 amide bonds. The number of rotatable bonds is 4. The summed E-state index contributed by atoms with van der Waals surface area (Å²) >= 11 is 0. The molecule has 7 nitrogen and oxygen atoms in total. The molecule has 3 rings (SSSR count). The van der Waals surface area contributed by atoms with Crippen molar-refractivity contribution in [1.82, 2.24) is 24.5 Å². The molecule has 0 aliphatic carbocycles. The molecule has 0 N–H and O–H groups in total. The molecule has 0 aliphatic heterocycles. The molecule has 3 aromatic rings. The zero-order valence-corrected chi connectivity index (χ0v) is 15.0. The van der Waals surface area contributed by atoms with Crippen LogP contribution in [0, 0.1) is 13.8 Å². The molecule has 0 radical (unpaired) electrons. The Morgan fingerprint density at radius 1 is 1.20 bits per heavy atom. The van der Waals surface area contributed by atoms with Crippen molar-refractivity contribution in [3.05, 3.63) is 53.1 Å². The first-order valence-corrected chi connectivity index (χ1v) is 8.03. The highest BCUT2D eigenvalue weighted by Gasteiger charge is 2.23. The van der Waals surface area contributed by atoms with E-state index in [1.165, 1.54) is 0 Å². The summed E-state index contributed by atoms with van der Waals surface area (Å²) in [6.07, 6.45) is 0. The van der Waals surface area contributed by atoms with Crippen molar-refractivity contribution in [2.75, 3.05) is 14.2 Å². The Labute approximate surface area is 146 Å². The third-order valence-corrected chi connectivity index (χ3v) is 4.31. The summed E-state index contributed by atoms with van der Waals surface area (Å²) in [6, 6.07) is 9.42. The fourth-order valence-corrected chi connectivity index (χ4v) is 2.70. The maximum Gasteiger partial charge on any atom is 0.293 e. The normalized spacial score (nSPS) is 12.2. The minimum absolute atomic E-state index is 0.124. The van der Waals surface area contributed by atoms with Crippen molar-refractivity contribution in [3.8, 4) is 5.75 Å². The Hall–Kier alpha value is -2.96. The van der Waals surface area contributed by atoms with Crippen molar-refractivity contribution in [2.24, 2.45) is 0 Å². The van der Waals surface area contributed by atoms with Crippen LogP contribution < -0.4 is 4.74 Å². The van der Waals surface area contributed by atoms with Crippen molar-refractivity contribution in [1.29, 1.82) is 0 Å². The molecule has 1 unspecified atom stereocenters. The van der Waals surface area contributed by atoms with E-state index in [1.807, 2.05) is 51.1 Å². The molecular weight excluding hydrogens is 318 g/mol. The van der Waals surface area contributed by atoms with Crippen LogP contribution in [0.3, 0.4) is 0 Å². The van der Waals surface area contributed by atoms with Crippen molar-refractivity contribution >= 4 is 11.7 Å². The SMILES string of the molecule is COc1ccc(C(C)N(C)C(=O)c2nc3nc(C)cc(C)n3n2)cc1. The Kier molecular flexibility index (Phi) is 4.39. The third kappa shape index (κ3) is 3.17. The fourth-order valence-electron chi connectivity index (χ4n) is 2.70. The van der Waals surface area contributed by atoms with Crippen LogP contribution in [0.2, 0.25) is 0 Å². The van der Waals surface area contributed by atoms with Gasteiger partial charge in [-0.25, -0.2) is 9.50 Å². The van der Waals surface area contributed by atoms with Gasteiger partial charge in [0.25, 0.3) is 11.7 Å². The number of aromatic nitrogens is 4. The average molecular weight is 339 g/mol. The predicted octanol–water partition coefficient (Wildman–Crippen LogP) is 2.58. The van der Waals surface area contributed by atoms with Gasteiger partial charge in [0.05, 0.1) is 13.2 Å². The van der Waals surface area contributed by atoms with E-state index >= 15 is 0 Å². The van der Waals surface area contributed by atoms with E-state index in [0.717, 1.165) is 22.7 Å². The standard InChI is InChI=1S/C18H21N5O2/c1-11-10-12(2)23-18(19-11)20-16(21-23)17(24)22(4)13(3)14-6-8-15(25-5)9-7-14/h6-10,13H,1-5H3. The van der Waals surface area contributed by atoms with Gasteiger partial charge >= 0.3 is 0 Å². The Morgan fingerprint density at radius 3 is 2.52 bits per heavy atom. The quantitative estimate of drug-likeness (QED) is 0.730. The maximum atomic E-state index is 12.8. The van der Waals surface area contributed by atoms with Gasteiger partial charge in [-0.15, -0.1) is 5.10 Å². The highest BCUT2D eigenvalue weighted by atomic mass is 16.5. The molecule has 0 spiro atoms. The summed E-state index contributed by atoms with van der Waals surface area (Å²) < 4.78 is 6.76. The number of carbonyl (C=O) groups is 1. The summed E-state index contributed by atoms with van der Waals surface area (Å²) in [7, 11) is 3.37. The molecule has 130 valence electrons. The summed E-state index contributed by atoms with van der Waals surface area (Å²) in [5.74, 6) is 1.12. The smallest absolute Gasteiger partial charge is 0.293 e. The van der Waals surface area contributed by atoms with E-state index < -0.39 is 0 Å². The number of carbonyl (C=O) groups excluding carboxylic acids is 1. The van der Waals surface area contributed by atoms with Gasteiger partial charge in [-0.1, -0.05) is 12.1 Å². The van der Waals surface area contributed by atoms with Crippen LogP contribution in [0.5, 0.6) is 5.75 Å². The Balaban J connectivity index is 1.87. The molecule has 1 atom stereocenters. The fraction of sp³-hybridized carbons (Fsp3) is 0.333. The zero-order valence-electron chi connectivity index (χ0n) is 15.0. The molecule has 0 bridgehead atoms. The summed E-state index contributed by atoms with van der Waals surface area (Å²) in [4.78, 5) is 23.0. The second kappa shape index (κ2) is 6.51. The Morgan fingerprint density at radius 2 is 1.88 bits per heavy atom. The molecule has 0 saturated heterocycles. The van der Waals surface area contributed by atoms with Crippen molar-refractivity contribution in [2.45, 2.75) is 26.8 Å². The van der Waals surface area contributed by atoms with E-state index in [-0.39, 0.29) is 17.8 Å². The van der Waals surface area contributed by atoms with E-state index in [9.17, 15) is 4.79 Å². The lowest BCUT2D eigenvalue weighted by Crippen LogP contribution is -2.30. The van der Waals surface area contributed by atoms with Gasteiger partial charge in [-0.3, -0.25) is 4.79 Å². The molecule has 2 aromatic heterocycles. The Bertz CT molecular complexity index is 917. The van der Waals surface area contributed by atoms with E-state index in [4.69, 9.17) is 4.74 Å². The lowest BCUT2D eigenvalue weighted by Gasteiger charge is -2.24. The number of hydrogen-bond donors (Lipinski definition) is 0. The summed E-state index contributed by atoms with van der Waals surface area (Å²) in [6.45, 7) is 5.76. The molecule has 7 heteroatoms. The monoisotopic (exact) mass is 339 g/mol. The highest BCUT2D eigenvalue weighted by Crippen LogP contribution is 2.22. The van der Waals surface area contributed by atoms with E-state index in [2.05, 4.69) is 15.1 Å². The first-order chi connectivity index (χ1) is 11.9. The number of methoxy groups -OCH3 is 1. The number of fused-ring (bicyclic) bond motifs is 1. The van der Waals surface area contributed by atoms with Gasteiger partial charge in [-0.05, 0) is 44.5 Å². The largest absolute Gasteiger partial charge is 0.497 e. The topological polar surface area (TPSA) is 72.6 Å². The number of nitrogens with zero attached hydrogens (tertiary/aromatic N) is 5. The lowest BCUT2D eigenvalue weighted by molar-refractivity contribution is 0.0730. The van der Waals surface area contributed by atoms with Crippen LogP contribution in [0.15, 0.2) is 30.3 Å². The van der Waals surface area contributed by atoms with Crippen LogP contribution in [0.4, 0.5) is 0 Å². The van der Waals surface area contributed by atoms with Gasteiger partial charge in [0.15, 0.2) is 0 Å². The van der Waals surface area contributed by atoms with E-state index in [1.54, 1.807) is 23.6 Å².